The van der Waals surface area contributed by atoms with E-state index in [1.807, 2.05) is 0 Å². The topological polar surface area (TPSA) is 57.8 Å². The smallest absolute Gasteiger partial charge is 0.333 e. The lowest BCUT2D eigenvalue weighted by Gasteiger charge is -2.21. The van der Waals surface area contributed by atoms with E-state index in [-0.39, 0.29) is 11.4 Å². The molecule has 13 heavy (non-hydrogen) atoms. The minimum atomic E-state index is -0.234. The Kier molecular flexibility index (Phi) is 5.39. The van der Waals surface area contributed by atoms with Gasteiger partial charge >= 0.3 is 5.97 Å². The molecule has 0 heterocycles. The number of methoxy groups -OCH3 is 1. The quantitative estimate of drug-likeness (QED) is 0.484. The highest BCUT2D eigenvalue weighted by molar-refractivity contribution is 5.88. The van der Waals surface area contributed by atoms with Crippen molar-refractivity contribution in [2.24, 2.45) is 5.92 Å². The van der Waals surface area contributed by atoms with Crippen molar-refractivity contribution in [2.75, 3.05) is 7.11 Å². The second-order valence-corrected chi connectivity index (χ2v) is 3.35. The van der Waals surface area contributed by atoms with E-state index in [0.29, 0.717) is 11.5 Å². The van der Waals surface area contributed by atoms with E-state index in [1.165, 1.54) is 26.4 Å². The van der Waals surface area contributed by atoms with E-state index in [9.17, 15) is 4.79 Å². The standard InChI is InChI=1S/C10H16O2.H2O/c1-8(10(11)12-2)9-6-4-3-5-7-9;/h9H,1,3-7H2,2H3;1H2. The number of hydrogen-bond donors (Lipinski definition) is 0. The van der Waals surface area contributed by atoms with Crippen molar-refractivity contribution in [2.45, 2.75) is 32.1 Å². The number of carbonyl (C=O) groups excluding carboxylic acids is 1. The molecule has 0 amide bonds. The van der Waals surface area contributed by atoms with Gasteiger partial charge in [-0.3, -0.25) is 0 Å². The molecule has 1 saturated carbocycles. The molecule has 0 aromatic rings. The third kappa shape index (κ3) is 3.19. The van der Waals surface area contributed by atoms with Crippen LogP contribution in [-0.2, 0) is 9.53 Å². The van der Waals surface area contributed by atoms with Crippen LogP contribution in [0.25, 0.3) is 0 Å². The Balaban J connectivity index is 0.00000144. The largest absolute Gasteiger partial charge is 0.466 e. The maximum atomic E-state index is 11.1. The first-order valence-electron chi connectivity index (χ1n) is 4.53. The molecule has 76 valence electrons. The predicted octanol–water partition coefficient (Wildman–Crippen LogP) is 1.47. The summed E-state index contributed by atoms with van der Waals surface area (Å²) in [5.41, 5.74) is 0.664. The highest BCUT2D eigenvalue weighted by Crippen LogP contribution is 2.29. The zero-order chi connectivity index (χ0) is 8.97. The van der Waals surface area contributed by atoms with Gasteiger partial charge in [0, 0.05) is 5.57 Å². The summed E-state index contributed by atoms with van der Waals surface area (Å²) in [6, 6.07) is 0. The highest BCUT2D eigenvalue weighted by Gasteiger charge is 2.21. The molecule has 1 aliphatic rings. The van der Waals surface area contributed by atoms with E-state index in [1.54, 1.807) is 0 Å². The number of esters is 1. The van der Waals surface area contributed by atoms with Crippen LogP contribution in [0.1, 0.15) is 32.1 Å². The fraction of sp³-hybridized carbons (Fsp3) is 0.700. The molecule has 0 unspecified atom stereocenters. The van der Waals surface area contributed by atoms with Gasteiger partial charge in [-0.1, -0.05) is 25.8 Å². The summed E-state index contributed by atoms with van der Waals surface area (Å²) in [5, 5.41) is 0. The molecule has 0 atom stereocenters. The van der Waals surface area contributed by atoms with Crippen LogP contribution in [0.3, 0.4) is 0 Å². The Morgan fingerprint density at radius 3 is 2.31 bits per heavy atom. The van der Waals surface area contributed by atoms with Crippen molar-refractivity contribution in [3.8, 4) is 0 Å². The first-order valence-corrected chi connectivity index (χ1v) is 4.53. The molecule has 0 aromatic carbocycles. The monoisotopic (exact) mass is 186 g/mol. The van der Waals surface area contributed by atoms with Crippen molar-refractivity contribution in [1.29, 1.82) is 0 Å². The number of carbonyl (C=O) groups is 1. The molecule has 0 spiro atoms. The van der Waals surface area contributed by atoms with Crippen LogP contribution < -0.4 is 0 Å². The Hall–Kier alpha value is -0.830. The third-order valence-electron chi connectivity index (χ3n) is 2.55. The van der Waals surface area contributed by atoms with Crippen molar-refractivity contribution < 1.29 is 15.0 Å². The summed E-state index contributed by atoms with van der Waals surface area (Å²) < 4.78 is 4.63. The Labute approximate surface area is 79.1 Å². The zero-order valence-corrected chi connectivity index (χ0v) is 8.14. The maximum absolute atomic E-state index is 11.1. The molecular formula is C10H18O3. The minimum absolute atomic E-state index is 0. The second kappa shape index (κ2) is 5.75. The minimum Gasteiger partial charge on any atom is -0.466 e. The SMILES string of the molecule is C=C(C(=O)OC)C1CCCCC1.O. The molecule has 1 aliphatic carbocycles. The number of ether oxygens (including phenoxy) is 1. The summed E-state index contributed by atoms with van der Waals surface area (Å²) in [6.45, 7) is 3.77. The predicted molar refractivity (Wildman–Crippen MR) is 51.3 cm³/mol. The van der Waals surface area contributed by atoms with Gasteiger partial charge in [-0.2, -0.15) is 0 Å². The van der Waals surface area contributed by atoms with E-state index in [4.69, 9.17) is 0 Å². The van der Waals surface area contributed by atoms with Crippen LogP contribution in [0, 0.1) is 5.92 Å². The van der Waals surface area contributed by atoms with Crippen LogP contribution in [-0.4, -0.2) is 18.6 Å². The van der Waals surface area contributed by atoms with Gasteiger partial charge < -0.3 is 10.2 Å². The molecule has 0 radical (unpaired) electrons. The molecule has 0 bridgehead atoms. The summed E-state index contributed by atoms with van der Waals surface area (Å²) >= 11 is 0. The highest BCUT2D eigenvalue weighted by atomic mass is 16.5. The summed E-state index contributed by atoms with van der Waals surface area (Å²) in [7, 11) is 1.41. The summed E-state index contributed by atoms with van der Waals surface area (Å²) in [6.07, 6.45) is 5.95. The van der Waals surface area contributed by atoms with Gasteiger partial charge in [0.25, 0.3) is 0 Å². The first-order chi connectivity index (χ1) is 5.75. The summed E-state index contributed by atoms with van der Waals surface area (Å²) in [4.78, 5) is 11.1. The Morgan fingerprint density at radius 1 is 1.31 bits per heavy atom. The lowest BCUT2D eigenvalue weighted by molar-refractivity contribution is -0.136. The molecule has 1 fully saturated rings. The van der Waals surface area contributed by atoms with Crippen molar-refractivity contribution in [3.05, 3.63) is 12.2 Å². The first kappa shape index (κ1) is 12.2. The molecule has 0 saturated heterocycles. The average Bonchev–Trinajstić information content (AvgIpc) is 2.17. The van der Waals surface area contributed by atoms with Gasteiger partial charge in [0.15, 0.2) is 0 Å². The van der Waals surface area contributed by atoms with Gasteiger partial charge in [0.2, 0.25) is 0 Å². The average molecular weight is 186 g/mol. The van der Waals surface area contributed by atoms with Gasteiger partial charge in [-0.25, -0.2) is 4.79 Å². The number of hydrogen-bond acceptors (Lipinski definition) is 2. The lowest BCUT2D eigenvalue weighted by Crippen LogP contribution is -2.16. The van der Waals surface area contributed by atoms with Gasteiger partial charge in [-0.05, 0) is 18.8 Å². The van der Waals surface area contributed by atoms with E-state index < -0.39 is 0 Å². The van der Waals surface area contributed by atoms with Gasteiger partial charge in [0.1, 0.15) is 0 Å². The van der Waals surface area contributed by atoms with Crippen molar-refractivity contribution in [1.82, 2.24) is 0 Å². The molecule has 3 heteroatoms. The fourth-order valence-corrected chi connectivity index (χ4v) is 1.75. The van der Waals surface area contributed by atoms with Crippen LogP contribution in [0.15, 0.2) is 12.2 Å². The van der Waals surface area contributed by atoms with E-state index in [0.717, 1.165) is 12.8 Å². The molecule has 0 aliphatic heterocycles. The normalized spacial score (nSPS) is 17.3. The zero-order valence-electron chi connectivity index (χ0n) is 8.14. The van der Waals surface area contributed by atoms with Gasteiger partial charge in [0.05, 0.1) is 7.11 Å². The molecule has 2 N–H and O–H groups in total. The van der Waals surface area contributed by atoms with Crippen LogP contribution in [0.5, 0.6) is 0 Å². The van der Waals surface area contributed by atoms with Crippen molar-refractivity contribution in [3.63, 3.8) is 0 Å². The molecule has 3 nitrogen and oxygen atoms in total. The van der Waals surface area contributed by atoms with E-state index in [2.05, 4.69) is 11.3 Å². The molecule has 1 rings (SSSR count). The number of rotatable bonds is 2. The Bertz CT molecular complexity index is 181. The molecule has 0 aromatic heterocycles. The van der Waals surface area contributed by atoms with Crippen LogP contribution >= 0.6 is 0 Å². The third-order valence-corrected chi connectivity index (χ3v) is 2.55. The van der Waals surface area contributed by atoms with E-state index >= 15 is 0 Å². The van der Waals surface area contributed by atoms with Crippen molar-refractivity contribution >= 4 is 5.97 Å². The molecular weight excluding hydrogens is 168 g/mol. The fourth-order valence-electron chi connectivity index (χ4n) is 1.75. The summed E-state index contributed by atoms with van der Waals surface area (Å²) in [5.74, 6) is 0.146. The maximum Gasteiger partial charge on any atom is 0.333 e. The van der Waals surface area contributed by atoms with Crippen LogP contribution in [0.4, 0.5) is 0 Å². The second-order valence-electron chi connectivity index (χ2n) is 3.35. The Morgan fingerprint density at radius 2 is 1.85 bits per heavy atom. The van der Waals surface area contributed by atoms with Gasteiger partial charge in [-0.15, -0.1) is 0 Å². The van der Waals surface area contributed by atoms with Crippen LogP contribution in [0.2, 0.25) is 0 Å². The lowest BCUT2D eigenvalue weighted by atomic mass is 9.84.